The van der Waals surface area contributed by atoms with Gasteiger partial charge in [0, 0.05) is 26.2 Å². The van der Waals surface area contributed by atoms with Gasteiger partial charge in [-0.05, 0) is 31.6 Å². The van der Waals surface area contributed by atoms with Gasteiger partial charge in [-0.2, -0.15) is 0 Å². The van der Waals surface area contributed by atoms with Gasteiger partial charge in [-0.1, -0.05) is 20.3 Å². The standard InChI is InChI=1S/C15H26N2O3/c1-4-14(2)5-8-16(9-6-14)13(20)17-10-7-15(3,11-17)12(18)19/h4-11H2,1-3H3,(H,18,19). The number of carboxylic acid groups (broad SMARTS) is 1. The van der Waals surface area contributed by atoms with E-state index in [9.17, 15) is 14.7 Å². The summed E-state index contributed by atoms with van der Waals surface area (Å²) >= 11 is 0. The second-order valence-corrected chi connectivity index (χ2v) is 6.97. The van der Waals surface area contributed by atoms with E-state index in [0.29, 0.717) is 24.9 Å². The first-order valence-corrected chi connectivity index (χ1v) is 7.57. The van der Waals surface area contributed by atoms with Gasteiger partial charge in [0.25, 0.3) is 0 Å². The first-order valence-electron chi connectivity index (χ1n) is 7.57. The Hall–Kier alpha value is -1.26. The molecule has 0 bridgehead atoms. The van der Waals surface area contributed by atoms with Gasteiger partial charge >= 0.3 is 12.0 Å². The van der Waals surface area contributed by atoms with Gasteiger partial charge in [-0.25, -0.2) is 4.79 Å². The maximum atomic E-state index is 12.5. The van der Waals surface area contributed by atoms with Crippen LogP contribution in [0.25, 0.3) is 0 Å². The zero-order chi connectivity index (χ0) is 15.0. The van der Waals surface area contributed by atoms with Crippen LogP contribution in [0.5, 0.6) is 0 Å². The van der Waals surface area contributed by atoms with Crippen molar-refractivity contribution in [2.75, 3.05) is 26.2 Å². The first-order chi connectivity index (χ1) is 9.30. The predicted molar refractivity (Wildman–Crippen MR) is 76.5 cm³/mol. The summed E-state index contributed by atoms with van der Waals surface area (Å²) in [6.07, 6.45) is 3.78. The Morgan fingerprint density at radius 3 is 2.05 bits per heavy atom. The van der Waals surface area contributed by atoms with Gasteiger partial charge in [0.15, 0.2) is 0 Å². The molecule has 0 aliphatic carbocycles. The highest BCUT2D eigenvalue weighted by Gasteiger charge is 2.43. The molecule has 2 amide bonds. The molecular weight excluding hydrogens is 256 g/mol. The molecule has 0 spiro atoms. The summed E-state index contributed by atoms with van der Waals surface area (Å²) in [5.74, 6) is -0.801. The van der Waals surface area contributed by atoms with Crippen molar-refractivity contribution < 1.29 is 14.7 Å². The Morgan fingerprint density at radius 2 is 1.60 bits per heavy atom. The van der Waals surface area contributed by atoms with E-state index < -0.39 is 11.4 Å². The van der Waals surface area contributed by atoms with Crippen LogP contribution in [-0.2, 0) is 4.79 Å². The number of hydrogen-bond donors (Lipinski definition) is 1. The Bertz CT molecular complexity index is 402. The lowest BCUT2D eigenvalue weighted by atomic mass is 9.78. The summed E-state index contributed by atoms with van der Waals surface area (Å²) in [6.45, 7) is 8.70. The minimum atomic E-state index is -0.801. The summed E-state index contributed by atoms with van der Waals surface area (Å²) in [4.78, 5) is 27.3. The average molecular weight is 282 g/mol. The summed E-state index contributed by atoms with van der Waals surface area (Å²) in [5.41, 5.74) is -0.416. The highest BCUT2D eigenvalue weighted by molar-refractivity contribution is 5.79. The normalized spacial score (nSPS) is 29.6. The first kappa shape index (κ1) is 15.1. The number of carbonyl (C=O) groups excluding carboxylic acids is 1. The molecule has 2 rings (SSSR count). The molecule has 5 nitrogen and oxygen atoms in total. The van der Waals surface area contributed by atoms with Crippen LogP contribution in [0, 0.1) is 10.8 Å². The Labute approximate surface area is 120 Å². The van der Waals surface area contributed by atoms with Gasteiger partial charge in [-0.15, -0.1) is 0 Å². The third kappa shape index (κ3) is 2.76. The molecule has 1 atom stereocenters. The lowest BCUT2D eigenvalue weighted by Gasteiger charge is -2.40. The monoisotopic (exact) mass is 282 g/mol. The van der Waals surface area contributed by atoms with Crippen LogP contribution in [0.3, 0.4) is 0 Å². The molecule has 2 aliphatic rings. The van der Waals surface area contributed by atoms with Crippen molar-refractivity contribution in [2.45, 2.75) is 46.5 Å². The van der Waals surface area contributed by atoms with Crippen molar-refractivity contribution in [3.8, 4) is 0 Å². The van der Waals surface area contributed by atoms with Crippen molar-refractivity contribution in [2.24, 2.45) is 10.8 Å². The zero-order valence-corrected chi connectivity index (χ0v) is 12.8. The van der Waals surface area contributed by atoms with E-state index in [2.05, 4.69) is 13.8 Å². The van der Waals surface area contributed by atoms with E-state index in [1.165, 1.54) is 0 Å². The molecule has 1 unspecified atom stereocenters. The van der Waals surface area contributed by atoms with Crippen molar-refractivity contribution in [3.05, 3.63) is 0 Å². The lowest BCUT2D eigenvalue weighted by Crippen LogP contribution is -2.48. The maximum absolute atomic E-state index is 12.5. The van der Waals surface area contributed by atoms with Crippen LogP contribution < -0.4 is 0 Å². The predicted octanol–water partition coefficient (Wildman–Crippen LogP) is 2.42. The molecule has 0 aromatic rings. The molecule has 0 radical (unpaired) electrons. The quantitative estimate of drug-likeness (QED) is 0.846. The number of hydrogen-bond acceptors (Lipinski definition) is 2. The Morgan fingerprint density at radius 1 is 1.05 bits per heavy atom. The molecule has 5 heteroatoms. The molecule has 114 valence electrons. The van der Waals surface area contributed by atoms with Crippen molar-refractivity contribution in [1.82, 2.24) is 9.80 Å². The number of amides is 2. The third-order valence-electron chi connectivity index (χ3n) is 5.35. The van der Waals surface area contributed by atoms with E-state index in [1.54, 1.807) is 11.8 Å². The fraction of sp³-hybridized carbons (Fsp3) is 0.867. The molecule has 2 saturated heterocycles. The molecule has 1 N–H and O–H groups in total. The van der Waals surface area contributed by atoms with Gasteiger partial charge < -0.3 is 14.9 Å². The van der Waals surface area contributed by atoms with Crippen LogP contribution in [0.1, 0.15) is 46.5 Å². The number of likely N-dealkylation sites (tertiary alicyclic amines) is 2. The number of carbonyl (C=O) groups is 2. The average Bonchev–Trinajstić information content (AvgIpc) is 2.83. The molecule has 2 aliphatic heterocycles. The van der Waals surface area contributed by atoms with E-state index in [0.717, 1.165) is 32.4 Å². The Kier molecular flexibility index (Phi) is 3.98. The maximum Gasteiger partial charge on any atom is 0.320 e. The summed E-state index contributed by atoms with van der Waals surface area (Å²) < 4.78 is 0. The van der Waals surface area contributed by atoms with Crippen molar-refractivity contribution in [3.63, 3.8) is 0 Å². The summed E-state index contributed by atoms with van der Waals surface area (Å²) in [7, 11) is 0. The number of aliphatic carboxylic acids is 1. The summed E-state index contributed by atoms with van der Waals surface area (Å²) in [5, 5.41) is 9.23. The van der Waals surface area contributed by atoms with Crippen LogP contribution >= 0.6 is 0 Å². The van der Waals surface area contributed by atoms with E-state index >= 15 is 0 Å². The third-order valence-corrected chi connectivity index (χ3v) is 5.35. The zero-order valence-electron chi connectivity index (χ0n) is 12.8. The number of rotatable bonds is 2. The van der Waals surface area contributed by atoms with Gasteiger partial charge in [-0.3, -0.25) is 4.79 Å². The minimum Gasteiger partial charge on any atom is -0.481 e. The van der Waals surface area contributed by atoms with Gasteiger partial charge in [0.2, 0.25) is 0 Å². The van der Waals surface area contributed by atoms with Crippen LogP contribution in [-0.4, -0.2) is 53.1 Å². The molecule has 0 aromatic carbocycles. The van der Waals surface area contributed by atoms with E-state index in [4.69, 9.17) is 0 Å². The lowest BCUT2D eigenvalue weighted by molar-refractivity contribution is -0.147. The molecular formula is C15H26N2O3. The highest BCUT2D eigenvalue weighted by Crippen LogP contribution is 2.35. The molecule has 2 heterocycles. The number of piperidine rings is 1. The molecule has 2 fully saturated rings. The van der Waals surface area contributed by atoms with Crippen molar-refractivity contribution >= 4 is 12.0 Å². The highest BCUT2D eigenvalue weighted by atomic mass is 16.4. The second-order valence-electron chi connectivity index (χ2n) is 6.97. The van der Waals surface area contributed by atoms with Crippen LogP contribution in [0.15, 0.2) is 0 Å². The second kappa shape index (κ2) is 5.26. The Balaban J connectivity index is 1.92. The fourth-order valence-corrected chi connectivity index (χ4v) is 3.09. The van der Waals surface area contributed by atoms with Gasteiger partial charge in [0.1, 0.15) is 0 Å². The number of carboxylic acids is 1. The topological polar surface area (TPSA) is 60.9 Å². The SMILES string of the molecule is CCC1(C)CCN(C(=O)N2CCC(C)(C(=O)O)C2)CC1. The minimum absolute atomic E-state index is 0.0214. The van der Waals surface area contributed by atoms with Crippen LogP contribution in [0.4, 0.5) is 4.79 Å². The largest absolute Gasteiger partial charge is 0.481 e. The van der Waals surface area contributed by atoms with E-state index in [-0.39, 0.29) is 6.03 Å². The van der Waals surface area contributed by atoms with E-state index in [1.807, 2.05) is 4.90 Å². The molecule has 0 saturated carbocycles. The molecule has 20 heavy (non-hydrogen) atoms. The molecule has 0 aromatic heterocycles. The van der Waals surface area contributed by atoms with Crippen molar-refractivity contribution in [1.29, 1.82) is 0 Å². The number of nitrogens with zero attached hydrogens (tertiary/aromatic N) is 2. The fourth-order valence-electron chi connectivity index (χ4n) is 3.09. The van der Waals surface area contributed by atoms with Gasteiger partial charge in [0.05, 0.1) is 5.41 Å². The smallest absolute Gasteiger partial charge is 0.320 e. The summed E-state index contributed by atoms with van der Waals surface area (Å²) in [6, 6.07) is 0.0214. The number of urea groups is 1. The van der Waals surface area contributed by atoms with Crippen LogP contribution in [0.2, 0.25) is 0 Å².